The molecule has 2 aliphatic rings. The van der Waals surface area contributed by atoms with E-state index in [1.54, 1.807) is 0 Å². The molecule has 2 fully saturated rings. The highest BCUT2D eigenvalue weighted by molar-refractivity contribution is 5.77. The van der Waals surface area contributed by atoms with E-state index in [1.807, 2.05) is 28.9 Å². The molecule has 5 heteroatoms. The van der Waals surface area contributed by atoms with Crippen LogP contribution in [0.3, 0.4) is 0 Å². The van der Waals surface area contributed by atoms with E-state index in [4.69, 9.17) is 4.74 Å². The second-order valence-electron chi connectivity index (χ2n) is 5.96. The van der Waals surface area contributed by atoms with Gasteiger partial charge in [0.1, 0.15) is 0 Å². The predicted molar refractivity (Wildman–Crippen MR) is 75.3 cm³/mol. The summed E-state index contributed by atoms with van der Waals surface area (Å²) in [5, 5.41) is 4.33. The topological polar surface area (TPSA) is 47.4 Å². The fourth-order valence-corrected chi connectivity index (χ4v) is 3.25. The maximum Gasteiger partial charge on any atom is 0.225 e. The zero-order valence-corrected chi connectivity index (χ0v) is 12.1. The summed E-state index contributed by atoms with van der Waals surface area (Å²) >= 11 is 0. The van der Waals surface area contributed by atoms with Gasteiger partial charge in [-0.15, -0.1) is 0 Å². The second-order valence-corrected chi connectivity index (χ2v) is 5.96. The number of amides is 1. The highest BCUT2D eigenvalue weighted by atomic mass is 16.5. The fourth-order valence-electron chi connectivity index (χ4n) is 3.25. The molecule has 0 bridgehead atoms. The first-order valence-electron chi connectivity index (χ1n) is 7.62. The van der Waals surface area contributed by atoms with E-state index in [0.717, 1.165) is 45.4 Å². The van der Waals surface area contributed by atoms with Crippen LogP contribution in [-0.2, 0) is 16.1 Å². The summed E-state index contributed by atoms with van der Waals surface area (Å²) in [5.74, 6) is 0.253. The van der Waals surface area contributed by atoms with Gasteiger partial charge in [0.05, 0.1) is 31.3 Å². The van der Waals surface area contributed by atoms with Crippen LogP contribution in [-0.4, -0.2) is 45.9 Å². The average molecular weight is 277 g/mol. The molecule has 3 heterocycles. The Hall–Kier alpha value is -1.36. The summed E-state index contributed by atoms with van der Waals surface area (Å²) in [4.78, 5) is 14.5. The number of ether oxygens (including phenoxy) is 1. The van der Waals surface area contributed by atoms with Crippen LogP contribution in [0.15, 0.2) is 12.4 Å². The van der Waals surface area contributed by atoms with Gasteiger partial charge in [0.2, 0.25) is 5.91 Å². The summed E-state index contributed by atoms with van der Waals surface area (Å²) in [6, 6.07) is 0.295. The van der Waals surface area contributed by atoms with Gasteiger partial charge in [0.15, 0.2) is 0 Å². The van der Waals surface area contributed by atoms with Crippen molar-refractivity contribution < 1.29 is 9.53 Å². The summed E-state index contributed by atoms with van der Waals surface area (Å²) < 4.78 is 7.53. The van der Waals surface area contributed by atoms with Gasteiger partial charge in [0, 0.05) is 19.3 Å². The molecule has 2 aliphatic heterocycles. The third kappa shape index (κ3) is 3.03. The van der Waals surface area contributed by atoms with Gasteiger partial charge in [-0.3, -0.25) is 9.48 Å². The van der Waals surface area contributed by atoms with Gasteiger partial charge in [-0.25, -0.2) is 0 Å². The monoisotopic (exact) mass is 277 g/mol. The molecule has 3 rings (SSSR count). The van der Waals surface area contributed by atoms with Crippen molar-refractivity contribution in [3.63, 3.8) is 0 Å². The number of hydrogen-bond acceptors (Lipinski definition) is 3. The molecule has 0 unspecified atom stereocenters. The Kier molecular flexibility index (Phi) is 4.05. The molecular formula is C15H23N3O2. The Morgan fingerprint density at radius 3 is 3.05 bits per heavy atom. The molecule has 0 aromatic carbocycles. The number of carbonyl (C=O) groups excluding carboxylic acids is 1. The molecule has 1 amide bonds. The number of nitrogens with zero attached hydrogens (tertiary/aromatic N) is 3. The Morgan fingerprint density at radius 1 is 1.45 bits per heavy atom. The van der Waals surface area contributed by atoms with Gasteiger partial charge in [-0.1, -0.05) is 0 Å². The molecule has 0 saturated carbocycles. The minimum absolute atomic E-state index is 0.149. The Labute approximate surface area is 119 Å². The number of hydrogen-bond donors (Lipinski definition) is 0. The molecule has 0 radical (unpaired) electrons. The zero-order valence-electron chi connectivity index (χ0n) is 12.1. The van der Waals surface area contributed by atoms with Crippen LogP contribution in [0.5, 0.6) is 0 Å². The SMILES string of the molecule is Cc1cnn(C[C@@H]2CCCN2C(=O)C[C@@H]2CCCO2)c1. The molecule has 20 heavy (non-hydrogen) atoms. The largest absolute Gasteiger partial charge is 0.378 e. The van der Waals surface area contributed by atoms with Crippen molar-refractivity contribution >= 4 is 5.91 Å². The minimum Gasteiger partial charge on any atom is -0.378 e. The number of aromatic nitrogens is 2. The summed E-state index contributed by atoms with van der Waals surface area (Å²) in [6.45, 7) is 4.55. The number of likely N-dealkylation sites (tertiary alicyclic amines) is 1. The van der Waals surface area contributed by atoms with Crippen LogP contribution in [0.2, 0.25) is 0 Å². The Balaban J connectivity index is 1.58. The quantitative estimate of drug-likeness (QED) is 0.842. The van der Waals surface area contributed by atoms with Crippen LogP contribution in [0, 0.1) is 6.92 Å². The van der Waals surface area contributed by atoms with E-state index in [2.05, 4.69) is 5.10 Å². The van der Waals surface area contributed by atoms with E-state index in [9.17, 15) is 4.79 Å². The molecule has 1 aromatic heterocycles. The van der Waals surface area contributed by atoms with Gasteiger partial charge < -0.3 is 9.64 Å². The molecule has 110 valence electrons. The summed E-state index contributed by atoms with van der Waals surface area (Å²) in [5.41, 5.74) is 1.17. The van der Waals surface area contributed by atoms with Gasteiger partial charge in [-0.05, 0) is 38.2 Å². The molecular weight excluding hydrogens is 254 g/mol. The smallest absolute Gasteiger partial charge is 0.225 e. The normalized spacial score (nSPS) is 26.4. The lowest BCUT2D eigenvalue weighted by Crippen LogP contribution is -2.39. The van der Waals surface area contributed by atoms with Gasteiger partial charge in [-0.2, -0.15) is 5.10 Å². The van der Waals surface area contributed by atoms with Gasteiger partial charge in [0.25, 0.3) is 0 Å². The van der Waals surface area contributed by atoms with E-state index in [-0.39, 0.29) is 12.0 Å². The Bertz CT molecular complexity index is 465. The van der Waals surface area contributed by atoms with Crippen LogP contribution < -0.4 is 0 Å². The first-order chi connectivity index (χ1) is 9.72. The summed E-state index contributed by atoms with van der Waals surface area (Å²) in [7, 11) is 0. The lowest BCUT2D eigenvalue weighted by atomic mass is 10.1. The van der Waals surface area contributed by atoms with Crippen molar-refractivity contribution in [1.29, 1.82) is 0 Å². The van der Waals surface area contributed by atoms with Crippen molar-refractivity contribution in [3.8, 4) is 0 Å². The van der Waals surface area contributed by atoms with Crippen molar-refractivity contribution in [2.75, 3.05) is 13.2 Å². The maximum absolute atomic E-state index is 12.4. The van der Waals surface area contributed by atoms with E-state index < -0.39 is 0 Å². The molecule has 2 saturated heterocycles. The molecule has 5 nitrogen and oxygen atoms in total. The van der Waals surface area contributed by atoms with Crippen molar-refractivity contribution in [2.24, 2.45) is 0 Å². The lowest BCUT2D eigenvalue weighted by Gasteiger charge is -2.25. The molecule has 0 N–H and O–H groups in total. The van der Waals surface area contributed by atoms with E-state index >= 15 is 0 Å². The molecule has 0 aliphatic carbocycles. The van der Waals surface area contributed by atoms with E-state index in [1.165, 1.54) is 5.56 Å². The van der Waals surface area contributed by atoms with Gasteiger partial charge >= 0.3 is 0 Å². The first-order valence-corrected chi connectivity index (χ1v) is 7.62. The number of carbonyl (C=O) groups is 1. The molecule has 2 atom stereocenters. The third-order valence-corrected chi connectivity index (χ3v) is 4.28. The highest BCUT2D eigenvalue weighted by Crippen LogP contribution is 2.23. The van der Waals surface area contributed by atoms with Crippen LogP contribution in [0.1, 0.15) is 37.7 Å². The minimum atomic E-state index is 0.149. The van der Waals surface area contributed by atoms with E-state index in [0.29, 0.717) is 12.5 Å². The maximum atomic E-state index is 12.4. The fraction of sp³-hybridized carbons (Fsp3) is 0.733. The Morgan fingerprint density at radius 2 is 2.35 bits per heavy atom. The highest BCUT2D eigenvalue weighted by Gasteiger charge is 2.31. The van der Waals surface area contributed by atoms with Crippen molar-refractivity contribution in [1.82, 2.24) is 14.7 Å². The summed E-state index contributed by atoms with van der Waals surface area (Å²) in [6.07, 6.45) is 8.91. The standard InChI is InChI=1S/C15H23N3O2/c1-12-9-16-17(10-12)11-13-4-2-6-18(13)15(19)8-14-5-3-7-20-14/h9-10,13-14H,2-8,11H2,1H3/t13-,14-/m0/s1. The number of rotatable bonds is 4. The number of aryl methyl sites for hydroxylation is 1. The second kappa shape index (κ2) is 5.95. The van der Waals surface area contributed by atoms with Crippen LogP contribution in [0.25, 0.3) is 0 Å². The van der Waals surface area contributed by atoms with Crippen LogP contribution in [0.4, 0.5) is 0 Å². The molecule has 0 spiro atoms. The van der Waals surface area contributed by atoms with Crippen LogP contribution >= 0.6 is 0 Å². The van der Waals surface area contributed by atoms with Crippen molar-refractivity contribution in [2.45, 2.75) is 57.7 Å². The lowest BCUT2D eigenvalue weighted by molar-refractivity contribution is -0.134. The predicted octanol–water partition coefficient (Wildman–Crippen LogP) is 1.75. The average Bonchev–Trinajstić information content (AvgIpc) is 3.12. The van der Waals surface area contributed by atoms with Crippen molar-refractivity contribution in [3.05, 3.63) is 18.0 Å². The third-order valence-electron chi connectivity index (χ3n) is 4.28. The first kappa shape index (κ1) is 13.6. The zero-order chi connectivity index (χ0) is 13.9. The molecule has 1 aromatic rings.